The highest BCUT2D eigenvalue weighted by Gasteiger charge is 2.12. The maximum atomic E-state index is 5.43. The number of morpholine rings is 1. The molecule has 0 radical (unpaired) electrons. The van der Waals surface area contributed by atoms with Gasteiger partial charge < -0.3 is 10.1 Å². The van der Waals surface area contributed by atoms with Gasteiger partial charge in [-0.15, -0.1) is 0 Å². The molecule has 1 aliphatic heterocycles. The standard InChI is InChI=1S/C18H26N4O/c1-14-18(15(2)21-20-14)12-19-11-16-5-3-4-6-17(16)13-22-7-9-23-10-8-22/h3-6,19H,7-13H2,1-2H3,(H,20,21). The Morgan fingerprint density at radius 1 is 1.13 bits per heavy atom. The summed E-state index contributed by atoms with van der Waals surface area (Å²) >= 11 is 0. The number of nitrogens with one attached hydrogen (secondary N) is 2. The third-order valence-corrected chi connectivity index (χ3v) is 4.51. The Morgan fingerprint density at radius 2 is 1.87 bits per heavy atom. The zero-order valence-corrected chi connectivity index (χ0v) is 14.1. The van der Waals surface area contributed by atoms with Crippen molar-refractivity contribution in [3.05, 3.63) is 52.3 Å². The van der Waals surface area contributed by atoms with E-state index in [4.69, 9.17) is 4.74 Å². The summed E-state index contributed by atoms with van der Waals surface area (Å²) in [4.78, 5) is 2.46. The highest BCUT2D eigenvalue weighted by atomic mass is 16.5. The average molecular weight is 314 g/mol. The van der Waals surface area contributed by atoms with Crippen LogP contribution in [0.3, 0.4) is 0 Å². The van der Waals surface area contributed by atoms with Crippen LogP contribution in [0.1, 0.15) is 28.1 Å². The first-order valence-corrected chi connectivity index (χ1v) is 8.32. The molecule has 5 heteroatoms. The summed E-state index contributed by atoms with van der Waals surface area (Å²) in [5, 5.41) is 10.9. The van der Waals surface area contributed by atoms with E-state index >= 15 is 0 Å². The molecule has 5 nitrogen and oxygen atoms in total. The van der Waals surface area contributed by atoms with Gasteiger partial charge in [-0.2, -0.15) is 5.10 Å². The molecular formula is C18H26N4O. The minimum absolute atomic E-state index is 0.847. The molecule has 2 N–H and O–H groups in total. The fourth-order valence-corrected chi connectivity index (χ4v) is 3.04. The second kappa shape index (κ2) is 7.73. The van der Waals surface area contributed by atoms with E-state index in [0.29, 0.717) is 0 Å². The summed E-state index contributed by atoms with van der Waals surface area (Å²) in [6.07, 6.45) is 0. The molecule has 2 heterocycles. The van der Waals surface area contributed by atoms with Crippen LogP contribution in [-0.2, 0) is 24.4 Å². The Bertz CT molecular complexity index is 612. The van der Waals surface area contributed by atoms with Crippen LogP contribution in [-0.4, -0.2) is 41.4 Å². The van der Waals surface area contributed by atoms with E-state index in [1.807, 2.05) is 6.92 Å². The van der Waals surface area contributed by atoms with Crippen molar-refractivity contribution in [3.63, 3.8) is 0 Å². The van der Waals surface area contributed by atoms with Crippen LogP contribution in [0.2, 0.25) is 0 Å². The minimum atomic E-state index is 0.847. The van der Waals surface area contributed by atoms with Gasteiger partial charge in [-0.25, -0.2) is 0 Å². The molecule has 124 valence electrons. The molecule has 3 rings (SSSR count). The van der Waals surface area contributed by atoms with Gasteiger partial charge in [0.1, 0.15) is 0 Å². The SMILES string of the molecule is Cc1n[nH]c(C)c1CNCc1ccccc1CN1CCOCC1. The fraction of sp³-hybridized carbons (Fsp3) is 0.500. The van der Waals surface area contributed by atoms with Crippen molar-refractivity contribution in [3.8, 4) is 0 Å². The number of ether oxygens (including phenoxy) is 1. The van der Waals surface area contributed by atoms with E-state index in [1.54, 1.807) is 0 Å². The van der Waals surface area contributed by atoms with E-state index in [0.717, 1.165) is 57.3 Å². The van der Waals surface area contributed by atoms with E-state index in [9.17, 15) is 0 Å². The van der Waals surface area contributed by atoms with E-state index < -0.39 is 0 Å². The molecular weight excluding hydrogens is 288 g/mol. The molecule has 0 unspecified atom stereocenters. The monoisotopic (exact) mass is 314 g/mol. The second-order valence-electron chi connectivity index (χ2n) is 6.17. The third-order valence-electron chi connectivity index (χ3n) is 4.51. The van der Waals surface area contributed by atoms with Crippen LogP contribution in [0.25, 0.3) is 0 Å². The van der Waals surface area contributed by atoms with Gasteiger partial charge >= 0.3 is 0 Å². The maximum Gasteiger partial charge on any atom is 0.0638 e. The van der Waals surface area contributed by atoms with Gasteiger partial charge in [0.25, 0.3) is 0 Å². The van der Waals surface area contributed by atoms with Crippen molar-refractivity contribution in [2.45, 2.75) is 33.5 Å². The summed E-state index contributed by atoms with van der Waals surface area (Å²) in [5.41, 5.74) is 6.28. The van der Waals surface area contributed by atoms with Crippen LogP contribution < -0.4 is 5.32 Å². The first kappa shape index (κ1) is 16.2. The molecule has 23 heavy (non-hydrogen) atoms. The van der Waals surface area contributed by atoms with Crippen molar-refractivity contribution < 1.29 is 4.74 Å². The normalized spacial score (nSPS) is 15.9. The Hall–Kier alpha value is -1.69. The number of benzene rings is 1. The van der Waals surface area contributed by atoms with Crippen LogP contribution in [0.5, 0.6) is 0 Å². The van der Waals surface area contributed by atoms with Crippen molar-refractivity contribution in [1.82, 2.24) is 20.4 Å². The van der Waals surface area contributed by atoms with Crippen LogP contribution >= 0.6 is 0 Å². The molecule has 1 fully saturated rings. The molecule has 0 atom stereocenters. The largest absolute Gasteiger partial charge is 0.379 e. The van der Waals surface area contributed by atoms with Crippen molar-refractivity contribution in [2.75, 3.05) is 26.3 Å². The lowest BCUT2D eigenvalue weighted by atomic mass is 10.1. The number of H-pyrrole nitrogens is 1. The van der Waals surface area contributed by atoms with E-state index in [-0.39, 0.29) is 0 Å². The number of aromatic nitrogens is 2. The number of hydrogen-bond donors (Lipinski definition) is 2. The fourth-order valence-electron chi connectivity index (χ4n) is 3.04. The Kier molecular flexibility index (Phi) is 5.43. The molecule has 1 saturated heterocycles. The summed E-state index contributed by atoms with van der Waals surface area (Å²) in [5.74, 6) is 0. The summed E-state index contributed by atoms with van der Waals surface area (Å²) in [6.45, 7) is 10.6. The number of nitrogens with zero attached hydrogens (tertiary/aromatic N) is 2. The second-order valence-corrected chi connectivity index (χ2v) is 6.17. The van der Waals surface area contributed by atoms with Crippen LogP contribution in [0, 0.1) is 13.8 Å². The molecule has 0 aliphatic carbocycles. The molecule has 0 spiro atoms. The van der Waals surface area contributed by atoms with Gasteiger partial charge in [0.05, 0.1) is 18.9 Å². The lowest BCUT2D eigenvalue weighted by molar-refractivity contribution is 0.0340. The number of aromatic amines is 1. The van der Waals surface area contributed by atoms with Gasteiger partial charge in [0.2, 0.25) is 0 Å². The first-order chi connectivity index (χ1) is 11.2. The van der Waals surface area contributed by atoms with Crippen molar-refractivity contribution in [2.24, 2.45) is 0 Å². The molecule has 1 aromatic carbocycles. The molecule has 2 aromatic rings. The van der Waals surface area contributed by atoms with Crippen molar-refractivity contribution in [1.29, 1.82) is 0 Å². The Morgan fingerprint density at radius 3 is 2.57 bits per heavy atom. The molecule has 0 bridgehead atoms. The predicted octanol–water partition coefficient (Wildman–Crippen LogP) is 2.15. The Balaban J connectivity index is 1.59. The minimum Gasteiger partial charge on any atom is -0.379 e. The van der Waals surface area contributed by atoms with E-state index in [2.05, 4.69) is 51.6 Å². The Labute approximate surface area is 138 Å². The van der Waals surface area contributed by atoms with Crippen molar-refractivity contribution >= 4 is 0 Å². The molecule has 0 saturated carbocycles. The quantitative estimate of drug-likeness (QED) is 0.858. The van der Waals surface area contributed by atoms with Gasteiger partial charge in [-0.3, -0.25) is 10.00 Å². The van der Waals surface area contributed by atoms with Gasteiger partial charge in [0, 0.05) is 44.0 Å². The van der Waals surface area contributed by atoms with Gasteiger partial charge in [-0.1, -0.05) is 24.3 Å². The van der Waals surface area contributed by atoms with Gasteiger partial charge in [0.15, 0.2) is 0 Å². The van der Waals surface area contributed by atoms with E-state index in [1.165, 1.54) is 16.7 Å². The van der Waals surface area contributed by atoms with Gasteiger partial charge in [-0.05, 0) is 25.0 Å². The average Bonchev–Trinajstić information content (AvgIpc) is 2.89. The third kappa shape index (κ3) is 4.19. The number of hydrogen-bond acceptors (Lipinski definition) is 4. The zero-order chi connectivity index (χ0) is 16.1. The first-order valence-electron chi connectivity index (χ1n) is 8.32. The molecule has 0 amide bonds. The lowest BCUT2D eigenvalue weighted by Crippen LogP contribution is -2.36. The summed E-state index contributed by atoms with van der Waals surface area (Å²) in [6, 6.07) is 8.70. The topological polar surface area (TPSA) is 53.2 Å². The molecule has 1 aromatic heterocycles. The lowest BCUT2D eigenvalue weighted by Gasteiger charge is -2.27. The number of rotatable bonds is 6. The highest BCUT2D eigenvalue weighted by molar-refractivity contribution is 5.28. The summed E-state index contributed by atoms with van der Waals surface area (Å²) < 4.78 is 5.43. The summed E-state index contributed by atoms with van der Waals surface area (Å²) in [7, 11) is 0. The smallest absolute Gasteiger partial charge is 0.0638 e. The maximum absolute atomic E-state index is 5.43. The van der Waals surface area contributed by atoms with Crippen LogP contribution in [0.15, 0.2) is 24.3 Å². The number of aryl methyl sites for hydroxylation is 2. The van der Waals surface area contributed by atoms with Crippen LogP contribution in [0.4, 0.5) is 0 Å². The molecule has 1 aliphatic rings. The zero-order valence-electron chi connectivity index (χ0n) is 14.1. The predicted molar refractivity (Wildman–Crippen MR) is 91.1 cm³/mol. The highest BCUT2D eigenvalue weighted by Crippen LogP contribution is 2.14.